The second-order valence-corrected chi connectivity index (χ2v) is 7.42. The summed E-state index contributed by atoms with van der Waals surface area (Å²) in [5, 5.41) is 20.0. The zero-order chi connectivity index (χ0) is 20.1. The summed E-state index contributed by atoms with van der Waals surface area (Å²) in [7, 11) is 0. The van der Waals surface area contributed by atoms with Crippen LogP contribution in [0.5, 0.6) is 0 Å². The third-order valence-electron chi connectivity index (χ3n) is 5.24. The Labute approximate surface area is 170 Å². The first kappa shape index (κ1) is 18.8. The largest absolute Gasteiger partial charge is 0.461 e. The number of nitrogens with zero attached hydrogens (tertiary/aromatic N) is 2. The molecule has 4 rings (SSSR count). The maximum atomic E-state index is 8.98. The number of aryl methyl sites for hydroxylation is 2. The number of hydrogen-bond donors (Lipinski definition) is 0. The van der Waals surface area contributed by atoms with Crippen LogP contribution in [0, 0.1) is 22.7 Å². The Bertz CT molecular complexity index is 1120. The molecular weight excluding hydrogens is 360 g/mol. The van der Waals surface area contributed by atoms with Crippen LogP contribution in [0.15, 0.2) is 57.4 Å². The highest BCUT2D eigenvalue weighted by atomic mass is 16.3. The van der Waals surface area contributed by atoms with Gasteiger partial charge in [0.2, 0.25) is 0 Å². The number of nitriles is 2. The molecule has 4 aromatic rings. The SMILES string of the molecule is N#Cc1ccc2oc(CCCCCCCc3cc4cc(C#N)ccc4o3)cc2c1. The Hall–Kier alpha value is -3.50. The summed E-state index contributed by atoms with van der Waals surface area (Å²) >= 11 is 0. The van der Waals surface area contributed by atoms with Gasteiger partial charge in [-0.25, -0.2) is 0 Å². The van der Waals surface area contributed by atoms with Gasteiger partial charge in [0.15, 0.2) is 0 Å². The minimum Gasteiger partial charge on any atom is -0.461 e. The number of benzene rings is 2. The lowest BCUT2D eigenvalue weighted by atomic mass is 10.1. The average Bonchev–Trinajstić information content (AvgIpc) is 3.34. The van der Waals surface area contributed by atoms with E-state index in [0.717, 1.165) is 59.1 Å². The van der Waals surface area contributed by atoms with Crippen molar-refractivity contribution in [1.82, 2.24) is 0 Å². The van der Waals surface area contributed by atoms with Crippen molar-refractivity contribution in [3.05, 3.63) is 71.2 Å². The lowest BCUT2D eigenvalue weighted by Gasteiger charge is -2.00. The Balaban J connectivity index is 1.18. The highest BCUT2D eigenvalue weighted by Crippen LogP contribution is 2.23. The molecular formula is C25H22N2O2. The first-order valence-corrected chi connectivity index (χ1v) is 10.1. The standard InChI is InChI=1S/C25H22N2O2/c26-16-18-8-10-24-20(12-18)14-22(28-24)6-4-2-1-3-5-7-23-15-21-13-19(17-27)9-11-25(21)29-23/h8-15H,1-7H2. The van der Waals surface area contributed by atoms with E-state index in [0.29, 0.717) is 11.1 Å². The second-order valence-electron chi connectivity index (χ2n) is 7.42. The molecule has 0 N–H and O–H groups in total. The van der Waals surface area contributed by atoms with E-state index in [-0.39, 0.29) is 0 Å². The van der Waals surface area contributed by atoms with Gasteiger partial charge in [-0.3, -0.25) is 0 Å². The molecule has 0 radical (unpaired) electrons. The van der Waals surface area contributed by atoms with Crippen molar-refractivity contribution >= 4 is 21.9 Å². The molecule has 4 heteroatoms. The molecule has 0 saturated carbocycles. The molecule has 0 aliphatic rings. The van der Waals surface area contributed by atoms with E-state index in [1.807, 2.05) is 24.3 Å². The van der Waals surface area contributed by atoms with E-state index < -0.39 is 0 Å². The van der Waals surface area contributed by atoms with Crippen LogP contribution in [-0.4, -0.2) is 0 Å². The number of furan rings is 2. The van der Waals surface area contributed by atoms with Crippen LogP contribution >= 0.6 is 0 Å². The maximum absolute atomic E-state index is 8.98. The summed E-state index contributed by atoms with van der Waals surface area (Å²) < 4.78 is 11.7. The van der Waals surface area contributed by atoms with Crippen LogP contribution in [0.1, 0.15) is 54.8 Å². The van der Waals surface area contributed by atoms with Gasteiger partial charge in [-0.15, -0.1) is 0 Å². The van der Waals surface area contributed by atoms with E-state index in [4.69, 9.17) is 19.4 Å². The van der Waals surface area contributed by atoms with Crippen LogP contribution in [-0.2, 0) is 12.8 Å². The molecule has 29 heavy (non-hydrogen) atoms. The topological polar surface area (TPSA) is 73.9 Å². The van der Waals surface area contributed by atoms with E-state index >= 15 is 0 Å². The van der Waals surface area contributed by atoms with Crippen molar-refractivity contribution in [3.63, 3.8) is 0 Å². The molecule has 0 atom stereocenters. The Morgan fingerprint density at radius 1 is 0.586 bits per heavy atom. The molecule has 0 saturated heterocycles. The maximum Gasteiger partial charge on any atom is 0.134 e. The molecule has 0 aliphatic carbocycles. The average molecular weight is 382 g/mol. The molecule has 2 heterocycles. The summed E-state index contributed by atoms with van der Waals surface area (Å²) in [5.74, 6) is 1.99. The molecule has 4 nitrogen and oxygen atoms in total. The zero-order valence-corrected chi connectivity index (χ0v) is 16.3. The fourth-order valence-corrected chi connectivity index (χ4v) is 3.71. The van der Waals surface area contributed by atoms with Crippen molar-refractivity contribution in [2.24, 2.45) is 0 Å². The lowest BCUT2D eigenvalue weighted by Crippen LogP contribution is -1.86. The second kappa shape index (κ2) is 8.67. The minimum atomic E-state index is 0.666. The van der Waals surface area contributed by atoms with Gasteiger partial charge in [0.1, 0.15) is 22.7 Å². The molecule has 0 fully saturated rings. The third-order valence-corrected chi connectivity index (χ3v) is 5.24. The third kappa shape index (κ3) is 4.50. The van der Waals surface area contributed by atoms with E-state index in [1.54, 1.807) is 12.1 Å². The van der Waals surface area contributed by atoms with Crippen LogP contribution < -0.4 is 0 Å². The monoisotopic (exact) mass is 382 g/mol. The van der Waals surface area contributed by atoms with E-state index in [1.165, 1.54) is 19.3 Å². The summed E-state index contributed by atoms with van der Waals surface area (Å²) in [6, 6.07) is 19.5. The minimum absolute atomic E-state index is 0.666. The molecule has 0 unspecified atom stereocenters. The van der Waals surface area contributed by atoms with Gasteiger partial charge in [-0.05, 0) is 61.4 Å². The summed E-state index contributed by atoms with van der Waals surface area (Å²) in [5.41, 5.74) is 3.04. The number of unbranched alkanes of at least 4 members (excludes halogenated alkanes) is 4. The first-order chi connectivity index (χ1) is 14.2. The molecule has 0 spiro atoms. The van der Waals surface area contributed by atoms with Crippen molar-refractivity contribution < 1.29 is 8.83 Å². The van der Waals surface area contributed by atoms with Gasteiger partial charge in [0.05, 0.1) is 23.3 Å². The molecule has 144 valence electrons. The van der Waals surface area contributed by atoms with E-state index in [2.05, 4.69) is 24.3 Å². The smallest absolute Gasteiger partial charge is 0.134 e. The fraction of sp³-hybridized carbons (Fsp3) is 0.280. The molecule has 0 amide bonds. The van der Waals surface area contributed by atoms with Crippen LogP contribution in [0.25, 0.3) is 21.9 Å². The van der Waals surface area contributed by atoms with Gasteiger partial charge in [0, 0.05) is 23.6 Å². The summed E-state index contributed by atoms with van der Waals surface area (Å²) in [4.78, 5) is 0. The summed E-state index contributed by atoms with van der Waals surface area (Å²) in [6.45, 7) is 0. The van der Waals surface area contributed by atoms with Crippen molar-refractivity contribution in [2.75, 3.05) is 0 Å². The number of hydrogen-bond acceptors (Lipinski definition) is 4. The van der Waals surface area contributed by atoms with Gasteiger partial charge in [-0.1, -0.05) is 19.3 Å². The van der Waals surface area contributed by atoms with Gasteiger partial charge in [0.25, 0.3) is 0 Å². The number of rotatable bonds is 8. The van der Waals surface area contributed by atoms with Crippen molar-refractivity contribution in [1.29, 1.82) is 10.5 Å². The Morgan fingerprint density at radius 3 is 1.48 bits per heavy atom. The molecule has 0 aliphatic heterocycles. The fourth-order valence-electron chi connectivity index (χ4n) is 3.71. The highest BCUT2D eigenvalue weighted by molar-refractivity contribution is 5.80. The predicted molar refractivity (Wildman–Crippen MR) is 112 cm³/mol. The Morgan fingerprint density at radius 2 is 1.03 bits per heavy atom. The number of fused-ring (bicyclic) bond motifs is 2. The Kier molecular flexibility index (Phi) is 5.63. The lowest BCUT2D eigenvalue weighted by molar-refractivity contribution is 0.509. The molecule has 0 bridgehead atoms. The molecule has 2 aromatic carbocycles. The quantitative estimate of drug-likeness (QED) is 0.319. The van der Waals surface area contributed by atoms with Gasteiger partial charge >= 0.3 is 0 Å². The van der Waals surface area contributed by atoms with Crippen LogP contribution in [0.4, 0.5) is 0 Å². The predicted octanol–water partition coefficient (Wildman–Crippen LogP) is 6.66. The van der Waals surface area contributed by atoms with Gasteiger partial charge in [-0.2, -0.15) is 10.5 Å². The van der Waals surface area contributed by atoms with Crippen molar-refractivity contribution in [3.8, 4) is 12.1 Å². The van der Waals surface area contributed by atoms with Crippen molar-refractivity contribution in [2.45, 2.75) is 44.9 Å². The van der Waals surface area contributed by atoms with E-state index in [9.17, 15) is 0 Å². The highest BCUT2D eigenvalue weighted by Gasteiger charge is 2.06. The zero-order valence-electron chi connectivity index (χ0n) is 16.3. The van der Waals surface area contributed by atoms with Gasteiger partial charge < -0.3 is 8.83 Å². The normalized spacial score (nSPS) is 11.0. The first-order valence-electron chi connectivity index (χ1n) is 10.1. The van der Waals surface area contributed by atoms with Crippen LogP contribution in [0.3, 0.4) is 0 Å². The van der Waals surface area contributed by atoms with Crippen LogP contribution in [0.2, 0.25) is 0 Å². The summed E-state index contributed by atoms with van der Waals surface area (Å²) in [6.07, 6.45) is 7.61. The molecule has 2 aromatic heterocycles.